The zero-order valence-corrected chi connectivity index (χ0v) is 15.9. The maximum atomic E-state index is 12.6. The molecule has 28 heavy (non-hydrogen) atoms. The standard InChI is InChI=1S/C18H17F2N5O2S/c1-25(17(26)11-3-5-12(27-2)6-4-11)18-24-14(9-28-18)13-7-16(23-10-22-13)21-8-15(19)20/h3-7,9-10,15H,8H2,1-2H3,(H,21,22,23). The number of thiazole rings is 1. The van der Waals surface area contributed by atoms with Crippen LogP contribution in [0.3, 0.4) is 0 Å². The Bertz CT molecular complexity index is 949. The van der Waals surface area contributed by atoms with Crippen molar-refractivity contribution in [3.63, 3.8) is 0 Å². The van der Waals surface area contributed by atoms with Gasteiger partial charge in [-0.1, -0.05) is 0 Å². The van der Waals surface area contributed by atoms with Gasteiger partial charge in [-0.05, 0) is 24.3 Å². The lowest BCUT2D eigenvalue weighted by Crippen LogP contribution is -2.26. The van der Waals surface area contributed by atoms with Gasteiger partial charge in [0.15, 0.2) is 5.13 Å². The predicted molar refractivity (Wildman–Crippen MR) is 103 cm³/mol. The summed E-state index contributed by atoms with van der Waals surface area (Å²) < 4.78 is 29.8. The van der Waals surface area contributed by atoms with Crippen molar-refractivity contribution in [3.05, 3.63) is 47.6 Å². The summed E-state index contributed by atoms with van der Waals surface area (Å²) in [5.74, 6) is 0.726. The van der Waals surface area contributed by atoms with Crippen LogP contribution in [0.2, 0.25) is 0 Å². The number of aromatic nitrogens is 3. The Balaban J connectivity index is 1.75. The van der Waals surface area contributed by atoms with E-state index in [1.807, 2.05) is 0 Å². The lowest BCUT2D eigenvalue weighted by molar-refractivity contribution is 0.0993. The lowest BCUT2D eigenvalue weighted by atomic mass is 10.2. The predicted octanol–water partition coefficient (Wildman–Crippen LogP) is 3.56. The third-order valence-electron chi connectivity index (χ3n) is 3.79. The number of carbonyl (C=O) groups is 1. The zero-order valence-electron chi connectivity index (χ0n) is 15.1. The first-order valence-corrected chi connectivity index (χ1v) is 9.08. The summed E-state index contributed by atoms with van der Waals surface area (Å²) in [5.41, 5.74) is 1.50. The van der Waals surface area contributed by atoms with Crippen LogP contribution in [0.25, 0.3) is 11.4 Å². The van der Waals surface area contributed by atoms with Gasteiger partial charge in [-0.25, -0.2) is 23.7 Å². The van der Waals surface area contributed by atoms with Gasteiger partial charge in [-0.15, -0.1) is 11.3 Å². The SMILES string of the molecule is COc1ccc(C(=O)N(C)c2nc(-c3cc(NCC(F)F)ncn3)cs2)cc1. The molecule has 2 heterocycles. The second kappa shape index (κ2) is 8.70. The molecule has 0 saturated carbocycles. The first-order valence-electron chi connectivity index (χ1n) is 8.20. The van der Waals surface area contributed by atoms with Crippen molar-refractivity contribution in [1.82, 2.24) is 15.0 Å². The Hall–Kier alpha value is -3.14. The molecule has 3 aromatic rings. The smallest absolute Gasteiger partial charge is 0.259 e. The van der Waals surface area contributed by atoms with E-state index in [0.717, 1.165) is 0 Å². The maximum absolute atomic E-state index is 12.6. The monoisotopic (exact) mass is 405 g/mol. The van der Waals surface area contributed by atoms with Crippen LogP contribution in [0.4, 0.5) is 19.7 Å². The summed E-state index contributed by atoms with van der Waals surface area (Å²) in [6.07, 6.45) is -1.21. The summed E-state index contributed by atoms with van der Waals surface area (Å²) in [4.78, 5) is 26.5. The Morgan fingerprint density at radius 2 is 2.00 bits per heavy atom. The molecule has 0 bridgehead atoms. The van der Waals surface area contributed by atoms with Gasteiger partial charge in [0.05, 0.1) is 19.3 Å². The van der Waals surface area contributed by atoms with Crippen molar-refractivity contribution >= 4 is 28.2 Å². The minimum absolute atomic E-state index is 0.217. The third-order valence-corrected chi connectivity index (χ3v) is 4.70. The molecule has 1 amide bonds. The van der Waals surface area contributed by atoms with Crippen LogP contribution in [0, 0.1) is 0 Å². The molecule has 0 radical (unpaired) electrons. The van der Waals surface area contributed by atoms with Crippen LogP contribution in [-0.2, 0) is 0 Å². The van der Waals surface area contributed by atoms with Gasteiger partial charge in [-0.3, -0.25) is 9.69 Å². The third kappa shape index (κ3) is 4.58. The van der Waals surface area contributed by atoms with E-state index in [1.165, 1.54) is 28.6 Å². The van der Waals surface area contributed by atoms with Crippen molar-refractivity contribution in [2.24, 2.45) is 0 Å². The fraction of sp³-hybridized carbons (Fsp3) is 0.222. The van der Waals surface area contributed by atoms with Gasteiger partial charge in [0.1, 0.15) is 23.6 Å². The van der Waals surface area contributed by atoms with Gasteiger partial charge in [0, 0.05) is 24.1 Å². The zero-order chi connectivity index (χ0) is 20.1. The number of hydrogen-bond acceptors (Lipinski definition) is 7. The molecule has 3 rings (SSSR count). The van der Waals surface area contributed by atoms with Crippen LogP contribution < -0.4 is 15.0 Å². The van der Waals surface area contributed by atoms with Gasteiger partial charge >= 0.3 is 0 Å². The van der Waals surface area contributed by atoms with E-state index in [4.69, 9.17) is 4.74 Å². The normalized spacial score (nSPS) is 10.8. The van der Waals surface area contributed by atoms with Crippen LogP contribution in [0.5, 0.6) is 5.75 Å². The first kappa shape index (κ1) is 19.6. The molecule has 0 aliphatic carbocycles. The molecular weight excluding hydrogens is 388 g/mol. The molecule has 146 valence electrons. The number of hydrogen-bond donors (Lipinski definition) is 1. The molecule has 0 atom stereocenters. The van der Waals surface area contributed by atoms with Crippen LogP contribution in [-0.4, -0.2) is 48.0 Å². The molecular formula is C18H17F2N5O2S. The number of amides is 1. The Morgan fingerprint density at radius 3 is 2.68 bits per heavy atom. The molecule has 0 fully saturated rings. The topological polar surface area (TPSA) is 80.2 Å². The highest BCUT2D eigenvalue weighted by molar-refractivity contribution is 7.14. The van der Waals surface area contributed by atoms with Gasteiger partial charge in [0.2, 0.25) is 0 Å². The second-order valence-electron chi connectivity index (χ2n) is 5.67. The summed E-state index contributed by atoms with van der Waals surface area (Å²) in [5, 5.41) is 4.76. The largest absolute Gasteiger partial charge is 0.497 e. The number of anilines is 2. The number of halogens is 2. The summed E-state index contributed by atoms with van der Waals surface area (Å²) in [6, 6.07) is 8.31. The highest BCUT2D eigenvalue weighted by Gasteiger charge is 2.18. The van der Waals surface area contributed by atoms with Crippen molar-refractivity contribution < 1.29 is 18.3 Å². The molecule has 0 unspecified atom stereocenters. The van der Waals surface area contributed by atoms with Crippen LogP contribution in [0.1, 0.15) is 10.4 Å². The first-order chi connectivity index (χ1) is 13.5. The van der Waals surface area contributed by atoms with Crippen LogP contribution >= 0.6 is 11.3 Å². The van der Waals surface area contributed by atoms with E-state index in [2.05, 4.69) is 20.3 Å². The van der Waals surface area contributed by atoms with Gasteiger partial charge in [0.25, 0.3) is 12.3 Å². The number of carbonyl (C=O) groups excluding carboxylic acids is 1. The Labute approximate surface area is 164 Å². The van der Waals surface area contributed by atoms with E-state index < -0.39 is 13.0 Å². The van der Waals surface area contributed by atoms with Gasteiger partial charge in [-0.2, -0.15) is 0 Å². The minimum atomic E-state index is -2.48. The number of benzene rings is 1. The minimum Gasteiger partial charge on any atom is -0.497 e. The molecule has 0 aliphatic rings. The Morgan fingerprint density at radius 1 is 1.25 bits per heavy atom. The summed E-state index contributed by atoms with van der Waals surface area (Å²) in [7, 11) is 3.19. The average molecular weight is 405 g/mol. The van der Waals surface area contributed by atoms with Crippen molar-refractivity contribution in [2.45, 2.75) is 6.43 Å². The van der Waals surface area contributed by atoms with E-state index in [1.54, 1.807) is 43.8 Å². The number of methoxy groups -OCH3 is 1. The van der Waals surface area contributed by atoms with Crippen molar-refractivity contribution in [1.29, 1.82) is 0 Å². The molecule has 1 N–H and O–H groups in total. The van der Waals surface area contributed by atoms with E-state index in [-0.39, 0.29) is 11.7 Å². The Kier molecular flexibility index (Phi) is 6.09. The van der Waals surface area contributed by atoms with Crippen molar-refractivity contribution in [3.8, 4) is 17.1 Å². The fourth-order valence-corrected chi connectivity index (χ4v) is 3.11. The fourth-order valence-electron chi connectivity index (χ4n) is 2.33. The maximum Gasteiger partial charge on any atom is 0.259 e. The average Bonchev–Trinajstić information content (AvgIpc) is 3.22. The summed E-state index contributed by atoms with van der Waals surface area (Å²) in [6.45, 7) is -0.502. The molecule has 0 spiro atoms. The number of nitrogens with one attached hydrogen (secondary N) is 1. The molecule has 10 heteroatoms. The van der Waals surface area contributed by atoms with Crippen molar-refractivity contribution in [2.75, 3.05) is 30.9 Å². The molecule has 0 saturated heterocycles. The van der Waals surface area contributed by atoms with Crippen LogP contribution in [0.15, 0.2) is 42.0 Å². The van der Waals surface area contributed by atoms with E-state index >= 15 is 0 Å². The highest BCUT2D eigenvalue weighted by Crippen LogP contribution is 2.27. The number of ether oxygens (including phenoxy) is 1. The number of nitrogens with zero attached hydrogens (tertiary/aromatic N) is 4. The quantitative estimate of drug-likeness (QED) is 0.647. The second-order valence-corrected chi connectivity index (χ2v) is 6.51. The van der Waals surface area contributed by atoms with E-state index in [0.29, 0.717) is 27.8 Å². The molecule has 0 aliphatic heterocycles. The molecule has 2 aromatic heterocycles. The van der Waals surface area contributed by atoms with Gasteiger partial charge < -0.3 is 10.1 Å². The lowest BCUT2D eigenvalue weighted by Gasteiger charge is -2.14. The molecule has 7 nitrogen and oxygen atoms in total. The highest BCUT2D eigenvalue weighted by atomic mass is 32.1. The molecule has 1 aromatic carbocycles. The number of rotatable bonds is 7. The summed E-state index contributed by atoms with van der Waals surface area (Å²) >= 11 is 1.28. The number of alkyl halides is 2. The van der Waals surface area contributed by atoms with E-state index in [9.17, 15) is 13.6 Å².